The number of hydrogen-bond acceptors (Lipinski definition) is 4. The van der Waals surface area contributed by atoms with Gasteiger partial charge in [-0.25, -0.2) is 17.1 Å². The molecular formula is C22H25FN4O3S. The third kappa shape index (κ3) is 6.47. The summed E-state index contributed by atoms with van der Waals surface area (Å²) in [6, 6.07) is 14.5. The van der Waals surface area contributed by atoms with Crippen molar-refractivity contribution in [3.63, 3.8) is 0 Å². The monoisotopic (exact) mass is 444 g/mol. The van der Waals surface area contributed by atoms with Gasteiger partial charge in [-0.15, -0.1) is 0 Å². The van der Waals surface area contributed by atoms with Crippen LogP contribution in [0.5, 0.6) is 0 Å². The van der Waals surface area contributed by atoms with E-state index in [9.17, 15) is 17.6 Å². The highest BCUT2D eigenvalue weighted by molar-refractivity contribution is 7.89. The zero-order valence-electron chi connectivity index (χ0n) is 17.2. The summed E-state index contributed by atoms with van der Waals surface area (Å²) in [4.78, 5) is 12.2. The fraction of sp³-hybridized carbons (Fsp3) is 0.273. The first-order valence-electron chi connectivity index (χ1n) is 9.88. The molecule has 3 rings (SSSR count). The number of carbonyl (C=O) groups is 1. The number of aromatic nitrogens is 2. The molecule has 0 radical (unpaired) electrons. The smallest absolute Gasteiger partial charge is 0.242 e. The summed E-state index contributed by atoms with van der Waals surface area (Å²) >= 11 is 0. The summed E-state index contributed by atoms with van der Waals surface area (Å²) in [6.45, 7) is 1.24. The number of benzene rings is 2. The molecule has 3 aromatic rings. The number of sulfonamides is 1. The van der Waals surface area contributed by atoms with Crippen LogP contribution in [0.4, 0.5) is 4.39 Å². The van der Waals surface area contributed by atoms with Crippen LogP contribution in [0.2, 0.25) is 0 Å². The molecule has 2 aromatic carbocycles. The molecule has 0 atom stereocenters. The number of rotatable bonds is 10. The van der Waals surface area contributed by atoms with Gasteiger partial charge >= 0.3 is 0 Å². The number of nitrogens with one attached hydrogen (secondary N) is 1. The average molecular weight is 445 g/mol. The Labute approximate surface area is 181 Å². The Morgan fingerprint density at radius 1 is 1.13 bits per heavy atom. The first-order chi connectivity index (χ1) is 14.8. The number of carbonyl (C=O) groups excluding carboxylic acids is 1. The van der Waals surface area contributed by atoms with Gasteiger partial charge in [0.1, 0.15) is 5.82 Å². The molecule has 0 aliphatic rings. The molecule has 0 aliphatic heterocycles. The van der Waals surface area contributed by atoms with Gasteiger partial charge in [-0.3, -0.25) is 9.48 Å². The quantitative estimate of drug-likeness (QED) is 0.521. The van der Waals surface area contributed by atoms with Gasteiger partial charge < -0.3 is 5.32 Å². The van der Waals surface area contributed by atoms with Crippen molar-refractivity contribution >= 4 is 15.9 Å². The standard InChI is InChI=1S/C22H25FN4O3S/c1-26(31(29,30)21-10-8-20(23)9-11-21)13-3-7-22(28)24-16-18-5-2-6-19(15-18)17-27-14-4-12-25-27/h2,4-6,8-12,14-15H,3,7,13,16-17H2,1H3,(H,24,28). The fourth-order valence-electron chi connectivity index (χ4n) is 3.08. The molecule has 0 spiro atoms. The number of nitrogens with zero attached hydrogens (tertiary/aromatic N) is 3. The lowest BCUT2D eigenvalue weighted by atomic mass is 10.1. The van der Waals surface area contributed by atoms with E-state index >= 15 is 0 Å². The first-order valence-corrected chi connectivity index (χ1v) is 11.3. The van der Waals surface area contributed by atoms with Gasteiger partial charge in [0, 0.05) is 39.0 Å². The first kappa shape index (κ1) is 22.6. The van der Waals surface area contributed by atoms with Crippen LogP contribution >= 0.6 is 0 Å². The maximum absolute atomic E-state index is 13.0. The minimum atomic E-state index is -3.71. The predicted molar refractivity (Wildman–Crippen MR) is 115 cm³/mol. The van der Waals surface area contributed by atoms with Gasteiger partial charge in [-0.05, 0) is 47.9 Å². The van der Waals surface area contributed by atoms with Crippen molar-refractivity contribution in [2.45, 2.75) is 30.8 Å². The summed E-state index contributed by atoms with van der Waals surface area (Å²) in [5, 5.41) is 7.05. The third-order valence-corrected chi connectivity index (χ3v) is 6.65. The highest BCUT2D eigenvalue weighted by Crippen LogP contribution is 2.15. The number of hydrogen-bond donors (Lipinski definition) is 1. The molecule has 0 unspecified atom stereocenters. The summed E-state index contributed by atoms with van der Waals surface area (Å²) in [7, 11) is -2.26. The van der Waals surface area contributed by atoms with Gasteiger partial charge in [0.2, 0.25) is 15.9 Å². The van der Waals surface area contributed by atoms with Crippen LogP contribution < -0.4 is 5.32 Å². The van der Waals surface area contributed by atoms with Gasteiger partial charge in [0.15, 0.2) is 0 Å². The Balaban J connectivity index is 1.43. The molecule has 0 bridgehead atoms. The molecule has 1 amide bonds. The van der Waals surface area contributed by atoms with Crippen LogP contribution in [0, 0.1) is 5.82 Å². The lowest BCUT2D eigenvalue weighted by Gasteiger charge is -2.17. The molecule has 1 aromatic heterocycles. The summed E-state index contributed by atoms with van der Waals surface area (Å²) in [5.74, 6) is -0.643. The molecule has 0 saturated carbocycles. The van der Waals surface area contributed by atoms with E-state index in [2.05, 4.69) is 10.4 Å². The van der Waals surface area contributed by atoms with E-state index < -0.39 is 15.8 Å². The molecule has 31 heavy (non-hydrogen) atoms. The number of halogens is 1. The molecule has 7 nitrogen and oxygen atoms in total. The normalized spacial score (nSPS) is 11.6. The minimum Gasteiger partial charge on any atom is -0.352 e. The van der Waals surface area contributed by atoms with Crippen molar-refractivity contribution in [3.8, 4) is 0 Å². The van der Waals surface area contributed by atoms with Crippen molar-refractivity contribution in [1.29, 1.82) is 0 Å². The van der Waals surface area contributed by atoms with Gasteiger partial charge in [-0.2, -0.15) is 5.10 Å². The number of amides is 1. The van der Waals surface area contributed by atoms with E-state index in [0.717, 1.165) is 23.3 Å². The zero-order chi connectivity index (χ0) is 22.3. The van der Waals surface area contributed by atoms with Crippen molar-refractivity contribution in [2.75, 3.05) is 13.6 Å². The highest BCUT2D eigenvalue weighted by Gasteiger charge is 2.20. The van der Waals surface area contributed by atoms with E-state index in [1.807, 2.05) is 41.2 Å². The molecule has 1 N–H and O–H groups in total. The average Bonchev–Trinajstić information content (AvgIpc) is 3.26. The topological polar surface area (TPSA) is 84.3 Å². The van der Waals surface area contributed by atoms with Crippen LogP contribution in [-0.2, 0) is 27.9 Å². The summed E-state index contributed by atoms with van der Waals surface area (Å²) in [6.07, 6.45) is 4.20. The molecule has 9 heteroatoms. The lowest BCUT2D eigenvalue weighted by Crippen LogP contribution is -2.29. The third-order valence-electron chi connectivity index (χ3n) is 4.78. The molecule has 0 fully saturated rings. The van der Waals surface area contributed by atoms with E-state index in [1.165, 1.54) is 23.5 Å². The van der Waals surface area contributed by atoms with Crippen LogP contribution in [0.25, 0.3) is 0 Å². The second-order valence-corrected chi connectivity index (χ2v) is 9.23. The zero-order valence-corrected chi connectivity index (χ0v) is 18.1. The second-order valence-electron chi connectivity index (χ2n) is 7.18. The minimum absolute atomic E-state index is 0.0239. The summed E-state index contributed by atoms with van der Waals surface area (Å²) < 4.78 is 41.0. The van der Waals surface area contributed by atoms with Gasteiger partial charge in [-0.1, -0.05) is 24.3 Å². The maximum atomic E-state index is 13.0. The Bertz CT molecular complexity index is 1100. The van der Waals surface area contributed by atoms with Gasteiger partial charge in [0.25, 0.3) is 0 Å². The highest BCUT2D eigenvalue weighted by atomic mass is 32.2. The maximum Gasteiger partial charge on any atom is 0.242 e. The van der Waals surface area contributed by atoms with Crippen molar-refractivity contribution < 1.29 is 17.6 Å². The Morgan fingerprint density at radius 2 is 1.87 bits per heavy atom. The van der Waals surface area contributed by atoms with Crippen molar-refractivity contribution in [3.05, 3.63) is 83.9 Å². The fourth-order valence-corrected chi connectivity index (χ4v) is 4.29. The Morgan fingerprint density at radius 3 is 2.58 bits per heavy atom. The van der Waals surface area contributed by atoms with E-state index in [0.29, 0.717) is 19.5 Å². The van der Waals surface area contributed by atoms with E-state index in [4.69, 9.17) is 0 Å². The molecule has 0 saturated heterocycles. The van der Waals surface area contributed by atoms with Crippen molar-refractivity contribution in [1.82, 2.24) is 19.4 Å². The predicted octanol–water partition coefficient (Wildman–Crippen LogP) is 2.79. The van der Waals surface area contributed by atoms with Crippen LogP contribution in [0.1, 0.15) is 24.0 Å². The molecule has 0 aliphatic carbocycles. The lowest BCUT2D eigenvalue weighted by molar-refractivity contribution is -0.121. The van der Waals surface area contributed by atoms with Crippen molar-refractivity contribution in [2.24, 2.45) is 0 Å². The molecular weight excluding hydrogens is 419 g/mol. The Kier molecular flexibility index (Phi) is 7.54. The second kappa shape index (κ2) is 10.3. The largest absolute Gasteiger partial charge is 0.352 e. The van der Waals surface area contributed by atoms with E-state index in [-0.39, 0.29) is 23.8 Å². The summed E-state index contributed by atoms with van der Waals surface area (Å²) in [5.41, 5.74) is 2.07. The van der Waals surface area contributed by atoms with Gasteiger partial charge in [0.05, 0.1) is 11.4 Å². The van der Waals surface area contributed by atoms with Crippen LogP contribution in [0.3, 0.4) is 0 Å². The Hall–Kier alpha value is -3.04. The molecule has 1 heterocycles. The molecule has 164 valence electrons. The van der Waals surface area contributed by atoms with Crippen LogP contribution in [0.15, 0.2) is 71.9 Å². The van der Waals surface area contributed by atoms with E-state index in [1.54, 1.807) is 6.20 Å². The van der Waals surface area contributed by atoms with Crippen LogP contribution in [-0.4, -0.2) is 42.0 Å². The SMILES string of the molecule is CN(CCCC(=O)NCc1cccc(Cn2cccn2)c1)S(=O)(=O)c1ccc(F)cc1.